The molecule has 0 aliphatic heterocycles. The highest BCUT2D eigenvalue weighted by Crippen LogP contribution is 2.24. The van der Waals surface area contributed by atoms with Crippen molar-refractivity contribution in [3.05, 3.63) is 29.6 Å². The van der Waals surface area contributed by atoms with Gasteiger partial charge in [-0.1, -0.05) is 18.9 Å². The van der Waals surface area contributed by atoms with Gasteiger partial charge in [-0.2, -0.15) is 0 Å². The van der Waals surface area contributed by atoms with Gasteiger partial charge in [0, 0.05) is 12.1 Å². The Kier molecular flexibility index (Phi) is 3.54. The van der Waals surface area contributed by atoms with E-state index in [0.717, 1.165) is 11.5 Å². The number of aryl methyl sites for hydroxylation is 1. The smallest absolute Gasteiger partial charge is 0.0973 e. The number of aromatic nitrogens is 1. The van der Waals surface area contributed by atoms with Gasteiger partial charge in [0.15, 0.2) is 0 Å². The first kappa shape index (κ1) is 11.1. The van der Waals surface area contributed by atoms with E-state index in [4.69, 9.17) is 5.73 Å². The molecule has 1 aromatic heterocycles. The molecule has 3 nitrogen and oxygen atoms in total. The standard InChI is InChI=1S/C13H19N3/c1-10-5-4-8-15-12(10)9-16-13(14)11-6-2-3-7-11/h4-5,8,11H,2-3,6-7,9H2,1H3,(H2,14,16). The van der Waals surface area contributed by atoms with Crippen LogP contribution in [0.15, 0.2) is 23.3 Å². The Morgan fingerprint density at radius 3 is 2.94 bits per heavy atom. The van der Waals surface area contributed by atoms with Crippen molar-refractivity contribution in [2.24, 2.45) is 16.6 Å². The number of hydrogen-bond acceptors (Lipinski definition) is 2. The third-order valence-electron chi connectivity index (χ3n) is 3.30. The van der Waals surface area contributed by atoms with Gasteiger partial charge in [0.05, 0.1) is 18.1 Å². The van der Waals surface area contributed by atoms with Crippen molar-refractivity contribution < 1.29 is 0 Å². The molecule has 0 amide bonds. The van der Waals surface area contributed by atoms with Crippen LogP contribution < -0.4 is 5.73 Å². The van der Waals surface area contributed by atoms with Gasteiger partial charge >= 0.3 is 0 Å². The number of nitrogens with two attached hydrogens (primary N) is 1. The first-order valence-electron chi connectivity index (χ1n) is 5.97. The Morgan fingerprint density at radius 2 is 2.25 bits per heavy atom. The molecule has 2 N–H and O–H groups in total. The lowest BCUT2D eigenvalue weighted by molar-refractivity contribution is 0.714. The van der Waals surface area contributed by atoms with Crippen molar-refractivity contribution in [2.75, 3.05) is 0 Å². The van der Waals surface area contributed by atoms with Gasteiger partial charge in [-0.05, 0) is 31.4 Å². The molecule has 3 heteroatoms. The lowest BCUT2D eigenvalue weighted by Gasteiger charge is -2.08. The van der Waals surface area contributed by atoms with E-state index < -0.39 is 0 Å². The summed E-state index contributed by atoms with van der Waals surface area (Å²) in [6.07, 6.45) is 6.81. The van der Waals surface area contributed by atoms with Crippen molar-refractivity contribution in [3.63, 3.8) is 0 Å². The van der Waals surface area contributed by atoms with E-state index in [1.165, 1.54) is 31.2 Å². The van der Waals surface area contributed by atoms with Crippen molar-refractivity contribution in [1.82, 2.24) is 4.98 Å². The molecule has 1 aromatic rings. The highest BCUT2D eigenvalue weighted by Gasteiger charge is 2.18. The third kappa shape index (κ3) is 2.60. The van der Waals surface area contributed by atoms with E-state index in [1.807, 2.05) is 12.3 Å². The molecule has 2 rings (SSSR count). The summed E-state index contributed by atoms with van der Waals surface area (Å²) in [5, 5.41) is 0. The van der Waals surface area contributed by atoms with Gasteiger partial charge in [0.2, 0.25) is 0 Å². The minimum atomic E-state index is 0.518. The molecule has 1 heterocycles. The zero-order valence-electron chi connectivity index (χ0n) is 9.82. The zero-order chi connectivity index (χ0) is 11.4. The molecule has 0 radical (unpaired) electrons. The van der Waals surface area contributed by atoms with Crippen LogP contribution in [0.25, 0.3) is 0 Å². The van der Waals surface area contributed by atoms with E-state index in [0.29, 0.717) is 12.5 Å². The average Bonchev–Trinajstić information content (AvgIpc) is 2.81. The molecule has 86 valence electrons. The van der Waals surface area contributed by atoms with E-state index >= 15 is 0 Å². The Hall–Kier alpha value is -1.38. The van der Waals surface area contributed by atoms with Crippen LogP contribution in [0.2, 0.25) is 0 Å². The minimum absolute atomic E-state index is 0.518. The summed E-state index contributed by atoms with van der Waals surface area (Å²) in [5.74, 6) is 1.34. The van der Waals surface area contributed by atoms with Gasteiger partial charge in [-0.15, -0.1) is 0 Å². The van der Waals surface area contributed by atoms with Crippen LogP contribution in [-0.4, -0.2) is 10.8 Å². The lowest BCUT2D eigenvalue weighted by Crippen LogP contribution is -2.21. The fourth-order valence-electron chi connectivity index (χ4n) is 2.20. The SMILES string of the molecule is Cc1cccnc1CN=C(N)C1CCCC1. The zero-order valence-corrected chi connectivity index (χ0v) is 9.82. The summed E-state index contributed by atoms with van der Waals surface area (Å²) in [6, 6.07) is 4.01. The van der Waals surface area contributed by atoms with Gasteiger partial charge in [-0.3, -0.25) is 9.98 Å². The topological polar surface area (TPSA) is 51.3 Å². The maximum absolute atomic E-state index is 6.00. The van der Waals surface area contributed by atoms with Crippen LogP contribution in [0.4, 0.5) is 0 Å². The average molecular weight is 217 g/mol. The second-order valence-electron chi connectivity index (χ2n) is 4.49. The Bertz CT molecular complexity index is 379. The quantitative estimate of drug-likeness (QED) is 0.624. The molecule has 0 bridgehead atoms. The van der Waals surface area contributed by atoms with Crippen molar-refractivity contribution >= 4 is 5.84 Å². The number of nitrogens with zero attached hydrogens (tertiary/aromatic N) is 2. The summed E-state index contributed by atoms with van der Waals surface area (Å²) in [4.78, 5) is 8.78. The van der Waals surface area contributed by atoms with Crippen LogP contribution >= 0.6 is 0 Å². The third-order valence-corrected chi connectivity index (χ3v) is 3.30. The fourth-order valence-corrected chi connectivity index (χ4v) is 2.20. The molecule has 0 unspecified atom stereocenters. The highest BCUT2D eigenvalue weighted by atomic mass is 14.9. The first-order valence-corrected chi connectivity index (χ1v) is 5.97. The molecule has 16 heavy (non-hydrogen) atoms. The fraction of sp³-hybridized carbons (Fsp3) is 0.538. The van der Waals surface area contributed by atoms with Crippen LogP contribution in [-0.2, 0) is 6.54 Å². The normalized spacial score (nSPS) is 17.9. The summed E-state index contributed by atoms with van der Waals surface area (Å²) < 4.78 is 0. The van der Waals surface area contributed by atoms with Crippen molar-refractivity contribution in [2.45, 2.75) is 39.2 Å². The monoisotopic (exact) mass is 217 g/mol. The molecule has 1 fully saturated rings. The predicted octanol–water partition coefficient (Wildman–Crippen LogP) is 2.44. The lowest BCUT2D eigenvalue weighted by atomic mass is 10.1. The van der Waals surface area contributed by atoms with E-state index in [2.05, 4.69) is 23.0 Å². The highest BCUT2D eigenvalue weighted by molar-refractivity contribution is 5.83. The summed E-state index contributed by atoms with van der Waals surface area (Å²) >= 11 is 0. The van der Waals surface area contributed by atoms with E-state index in [-0.39, 0.29) is 0 Å². The Labute approximate surface area is 96.8 Å². The van der Waals surface area contributed by atoms with E-state index in [1.54, 1.807) is 0 Å². The number of pyridine rings is 1. The largest absolute Gasteiger partial charge is 0.387 e. The molecular formula is C13H19N3. The minimum Gasteiger partial charge on any atom is -0.387 e. The second-order valence-corrected chi connectivity index (χ2v) is 4.49. The molecule has 1 aliphatic carbocycles. The number of rotatable bonds is 3. The van der Waals surface area contributed by atoms with Crippen LogP contribution in [0.1, 0.15) is 36.9 Å². The number of amidine groups is 1. The van der Waals surface area contributed by atoms with Crippen LogP contribution in [0, 0.1) is 12.8 Å². The second kappa shape index (κ2) is 5.10. The summed E-state index contributed by atoms with van der Waals surface area (Å²) in [7, 11) is 0. The molecule has 1 saturated carbocycles. The molecule has 0 atom stereocenters. The summed E-state index contributed by atoms with van der Waals surface area (Å²) in [5.41, 5.74) is 8.22. The molecule has 0 saturated heterocycles. The molecule has 1 aliphatic rings. The predicted molar refractivity (Wildman–Crippen MR) is 66.3 cm³/mol. The maximum Gasteiger partial charge on any atom is 0.0973 e. The maximum atomic E-state index is 6.00. The van der Waals surface area contributed by atoms with Gasteiger partial charge in [0.25, 0.3) is 0 Å². The van der Waals surface area contributed by atoms with Crippen LogP contribution in [0.3, 0.4) is 0 Å². The number of aliphatic imine (C=N–C) groups is 1. The first-order chi connectivity index (χ1) is 7.77. The molecular weight excluding hydrogens is 198 g/mol. The van der Waals surface area contributed by atoms with Gasteiger partial charge in [0.1, 0.15) is 0 Å². The molecule has 0 spiro atoms. The molecule has 0 aromatic carbocycles. The number of hydrogen-bond donors (Lipinski definition) is 1. The van der Waals surface area contributed by atoms with Crippen LogP contribution in [0.5, 0.6) is 0 Å². The van der Waals surface area contributed by atoms with Gasteiger partial charge < -0.3 is 5.73 Å². The summed E-state index contributed by atoms with van der Waals surface area (Å²) in [6.45, 7) is 2.68. The Balaban J connectivity index is 2.00. The van der Waals surface area contributed by atoms with Gasteiger partial charge in [-0.25, -0.2) is 0 Å². The Morgan fingerprint density at radius 1 is 1.50 bits per heavy atom. The van der Waals surface area contributed by atoms with Crippen molar-refractivity contribution in [3.8, 4) is 0 Å². The van der Waals surface area contributed by atoms with Crippen molar-refractivity contribution in [1.29, 1.82) is 0 Å². The van der Waals surface area contributed by atoms with E-state index in [9.17, 15) is 0 Å².